The summed E-state index contributed by atoms with van der Waals surface area (Å²) in [6.07, 6.45) is 0. The van der Waals surface area contributed by atoms with E-state index >= 15 is 0 Å². The predicted octanol–water partition coefficient (Wildman–Crippen LogP) is 6.69. The minimum absolute atomic E-state index is 0.186. The molecule has 0 aliphatic carbocycles. The van der Waals surface area contributed by atoms with Crippen LogP contribution in [-0.4, -0.2) is 18.4 Å². The number of ether oxygens (including phenoxy) is 1. The van der Waals surface area contributed by atoms with Crippen LogP contribution in [0.1, 0.15) is 12.5 Å². The smallest absolute Gasteiger partial charge is 0.283 e. The second kappa shape index (κ2) is 9.91. The van der Waals surface area contributed by atoms with Crippen molar-refractivity contribution in [3.05, 3.63) is 92.9 Å². The Labute approximate surface area is 206 Å². The molecule has 5 nitrogen and oxygen atoms in total. The molecule has 0 aromatic heterocycles. The highest BCUT2D eigenvalue weighted by molar-refractivity contribution is 8.04. The first-order valence-electron chi connectivity index (χ1n) is 10.2. The van der Waals surface area contributed by atoms with Crippen molar-refractivity contribution in [2.75, 3.05) is 16.8 Å². The molecule has 0 saturated heterocycles. The summed E-state index contributed by atoms with van der Waals surface area (Å²) in [4.78, 5) is 29.1. The summed E-state index contributed by atoms with van der Waals surface area (Å²) in [5, 5.41) is 3.79. The lowest BCUT2D eigenvalue weighted by atomic mass is 10.2. The number of amides is 2. The van der Waals surface area contributed by atoms with Gasteiger partial charge in [0.25, 0.3) is 11.8 Å². The van der Waals surface area contributed by atoms with Crippen LogP contribution in [0.5, 0.6) is 5.75 Å². The molecule has 168 valence electrons. The number of imide groups is 1. The molecule has 0 atom stereocenters. The summed E-state index contributed by atoms with van der Waals surface area (Å²) in [6, 6.07) is 19.6. The molecule has 4 rings (SSSR count). The van der Waals surface area contributed by atoms with Crippen LogP contribution in [0.4, 0.5) is 11.4 Å². The fourth-order valence-electron chi connectivity index (χ4n) is 3.29. The van der Waals surface area contributed by atoms with Crippen molar-refractivity contribution in [1.82, 2.24) is 0 Å². The van der Waals surface area contributed by atoms with E-state index in [1.807, 2.05) is 38.1 Å². The van der Waals surface area contributed by atoms with Crippen LogP contribution in [0.3, 0.4) is 0 Å². The van der Waals surface area contributed by atoms with Crippen LogP contribution >= 0.6 is 35.0 Å². The van der Waals surface area contributed by atoms with Gasteiger partial charge in [0.05, 0.1) is 12.3 Å². The minimum Gasteiger partial charge on any atom is -0.494 e. The molecule has 8 heteroatoms. The van der Waals surface area contributed by atoms with E-state index in [9.17, 15) is 9.59 Å². The molecule has 0 saturated carbocycles. The Morgan fingerprint density at radius 2 is 1.55 bits per heavy atom. The predicted molar refractivity (Wildman–Crippen MR) is 134 cm³/mol. The van der Waals surface area contributed by atoms with Gasteiger partial charge >= 0.3 is 0 Å². The number of hydrogen-bond acceptors (Lipinski definition) is 5. The molecule has 0 radical (unpaired) electrons. The highest BCUT2D eigenvalue weighted by Gasteiger charge is 2.40. The van der Waals surface area contributed by atoms with Crippen molar-refractivity contribution in [3.63, 3.8) is 0 Å². The van der Waals surface area contributed by atoms with Crippen molar-refractivity contribution < 1.29 is 14.3 Å². The molecular weight excluding hydrogens is 479 g/mol. The second-order valence-electron chi connectivity index (χ2n) is 7.27. The van der Waals surface area contributed by atoms with Gasteiger partial charge < -0.3 is 10.1 Å². The number of anilines is 2. The Bertz CT molecular complexity index is 1220. The number of carbonyl (C=O) groups excluding carboxylic acids is 2. The van der Waals surface area contributed by atoms with Gasteiger partial charge in [0.2, 0.25) is 0 Å². The van der Waals surface area contributed by atoms with Crippen molar-refractivity contribution in [2.45, 2.75) is 18.7 Å². The number of benzene rings is 3. The second-order valence-corrected chi connectivity index (χ2v) is 9.23. The van der Waals surface area contributed by atoms with Crippen LogP contribution in [0.2, 0.25) is 10.0 Å². The summed E-state index contributed by atoms with van der Waals surface area (Å²) < 4.78 is 5.48. The Kier molecular flexibility index (Phi) is 6.98. The third kappa shape index (κ3) is 5.19. The van der Waals surface area contributed by atoms with Crippen LogP contribution < -0.4 is 15.0 Å². The zero-order valence-electron chi connectivity index (χ0n) is 17.9. The first-order chi connectivity index (χ1) is 15.9. The SMILES string of the molecule is CCOc1ccc(NC2=C(Sc3ccc(C)cc3)C(=O)N(c3cc(Cl)cc(Cl)c3)C2=O)cc1. The van der Waals surface area contributed by atoms with Crippen LogP contribution in [0.15, 0.2) is 82.2 Å². The minimum atomic E-state index is -0.484. The van der Waals surface area contributed by atoms with Crippen molar-refractivity contribution >= 4 is 58.2 Å². The van der Waals surface area contributed by atoms with Gasteiger partial charge in [-0.2, -0.15) is 0 Å². The van der Waals surface area contributed by atoms with Gasteiger partial charge in [0, 0.05) is 20.6 Å². The van der Waals surface area contributed by atoms with Gasteiger partial charge in [-0.1, -0.05) is 52.7 Å². The van der Waals surface area contributed by atoms with Gasteiger partial charge in [-0.3, -0.25) is 9.59 Å². The van der Waals surface area contributed by atoms with Gasteiger partial charge in [-0.25, -0.2) is 4.90 Å². The van der Waals surface area contributed by atoms with Crippen LogP contribution in [-0.2, 0) is 9.59 Å². The van der Waals surface area contributed by atoms with Gasteiger partial charge in [-0.05, 0) is 68.4 Å². The first-order valence-corrected chi connectivity index (χ1v) is 11.8. The molecule has 3 aromatic rings. The molecule has 0 spiro atoms. The number of halogens is 2. The van der Waals surface area contributed by atoms with Crippen LogP contribution in [0.25, 0.3) is 0 Å². The topological polar surface area (TPSA) is 58.6 Å². The van der Waals surface area contributed by atoms with Crippen LogP contribution in [0, 0.1) is 6.92 Å². The maximum Gasteiger partial charge on any atom is 0.283 e. The Balaban J connectivity index is 1.72. The van der Waals surface area contributed by atoms with E-state index in [1.165, 1.54) is 23.9 Å². The molecule has 0 bridgehead atoms. The fraction of sp³-hybridized carbons (Fsp3) is 0.120. The highest BCUT2D eigenvalue weighted by atomic mass is 35.5. The Hall–Kier alpha value is -2.93. The highest BCUT2D eigenvalue weighted by Crippen LogP contribution is 2.39. The zero-order chi connectivity index (χ0) is 23.5. The third-order valence-corrected chi connectivity index (χ3v) is 6.35. The number of hydrogen-bond donors (Lipinski definition) is 1. The van der Waals surface area contributed by atoms with E-state index in [4.69, 9.17) is 27.9 Å². The first kappa shape index (κ1) is 23.2. The van der Waals surface area contributed by atoms with E-state index in [0.29, 0.717) is 28.0 Å². The quantitative estimate of drug-likeness (QED) is 0.367. The lowest BCUT2D eigenvalue weighted by Crippen LogP contribution is -2.32. The Morgan fingerprint density at radius 1 is 0.909 bits per heavy atom. The monoisotopic (exact) mass is 498 g/mol. The van der Waals surface area contributed by atoms with E-state index in [0.717, 1.165) is 21.1 Å². The lowest BCUT2D eigenvalue weighted by molar-refractivity contribution is -0.120. The number of rotatable bonds is 7. The molecule has 2 amide bonds. The van der Waals surface area contributed by atoms with Gasteiger partial charge in [0.15, 0.2) is 0 Å². The average molecular weight is 499 g/mol. The molecule has 1 aliphatic heterocycles. The summed E-state index contributed by atoms with van der Waals surface area (Å²) in [5.41, 5.74) is 2.26. The average Bonchev–Trinajstić information content (AvgIpc) is 3.00. The maximum atomic E-state index is 13.4. The lowest BCUT2D eigenvalue weighted by Gasteiger charge is -2.16. The van der Waals surface area contributed by atoms with Crippen molar-refractivity contribution in [1.29, 1.82) is 0 Å². The third-order valence-electron chi connectivity index (χ3n) is 4.82. The van der Waals surface area contributed by atoms with Crippen molar-refractivity contribution in [2.24, 2.45) is 0 Å². The molecule has 33 heavy (non-hydrogen) atoms. The molecule has 1 N–H and O–H groups in total. The van der Waals surface area contributed by atoms with E-state index in [-0.39, 0.29) is 10.6 Å². The number of thioether (sulfide) groups is 1. The van der Waals surface area contributed by atoms with Gasteiger partial charge in [0.1, 0.15) is 16.4 Å². The number of aryl methyl sites for hydroxylation is 1. The van der Waals surface area contributed by atoms with Gasteiger partial charge in [-0.15, -0.1) is 0 Å². The molecule has 0 fully saturated rings. The molecule has 1 aliphatic rings. The summed E-state index contributed by atoms with van der Waals surface area (Å²) in [5.74, 6) is -0.213. The number of nitrogens with one attached hydrogen (secondary N) is 1. The number of nitrogens with zero attached hydrogens (tertiary/aromatic N) is 1. The molecular formula is C25H20Cl2N2O3S. The Morgan fingerprint density at radius 3 is 2.15 bits per heavy atom. The molecule has 1 heterocycles. The van der Waals surface area contributed by atoms with E-state index in [1.54, 1.807) is 30.3 Å². The zero-order valence-corrected chi connectivity index (χ0v) is 20.2. The maximum absolute atomic E-state index is 13.4. The van der Waals surface area contributed by atoms with E-state index < -0.39 is 11.8 Å². The molecule has 3 aromatic carbocycles. The standard InChI is InChI=1S/C25H20Cl2N2O3S/c1-3-32-20-8-6-18(7-9-20)28-22-23(33-21-10-4-15(2)5-11-21)25(31)29(24(22)30)19-13-16(26)12-17(27)14-19/h4-14,28H,3H2,1-2H3. The summed E-state index contributed by atoms with van der Waals surface area (Å²) >= 11 is 13.5. The van der Waals surface area contributed by atoms with E-state index in [2.05, 4.69) is 5.32 Å². The largest absolute Gasteiger partial charge is 0.494 e. The fourth-order valence-corrected chi connectivity index (χ4v) is 4.73. The summed E-state index contributed by atoms with van der Waals surface area (Å²) in [7, 11) is 0. The summed E-state index contributed by atoms with van der Waals surface area (Å²) in [6.45, 7) is 4.45. The normalized spacial score (nSPS) is 13.6. The number of carbonyl (C=O) groups is 2. The van der Waals surface area contributed by atoms with Crippen molar-refractivity contribution in [3.8, 4) is 5.75 Å². The molecule has 0 unspecified atom stereocenters.